The van der Waals surface area contributed by atoms with Gasteiger partial charge in [0.2, 0.25) is 0 Å². The Morgan fingerprint density at radius 1 is 0.820 bits per heavy atom. The molecule has 0 bridgehead atoms. The summed E-state index contributed by atoms with van der Waals surface area (Å²) in [6, 6.07) is 22.3. The quantitative estimate of drug-likeness (QED) is 0.121. The molecule has 0 fully saturated rings. The molecule has 5 rings (SSSR count). The number of Topliss-reactive ketones (excluding diaryl/α,β-unsaturated/α-hetero) is 1. The Hall–Kier alpha value is -5.06. The van der Waals surface area contributed by atoms with E-state index >= 15 is 0 Å². The molecule has 11 nitrogen and oxygen atoms in total. The first kappa shape index (κ1) is 37.8. The van der Waals surface area contributed by atoms with Crippen molar-refractivity contribution in [2.75, 3.05) is 6.54 Å². The van der Waals surface area contributed by atoms with Gasteiger partial charge in [-0.2, -0.15) is 21.6 Å². The van der Waals surface area contributed by atoms with Crippen molar-refractivity contribution >= 4 is 43.0 Å². The highest BCUT2D eigenvalue weighted by molar-refractivity contribution is 7.90. The Morgan fingerprint density at radius 3 is 1.90 bits per heavy atom. The van der Waals surface area contributed by atoms with Crippen molar-refractivity contribution < 1.29 is 44.1 Å². The number of fused-ring (bicyclic) bond motifs is 1. The third kappa shape index (κ3) is 9.55. The van der Waals surface area contributed by atoms with E-state index in [2.05, 4.69) is 10.3 Å². The number of nitrogens with one attached hydrogen (secondary N) is 2. The Labute approximate surface area is 287 Å². The highest BCUT2D eigenvalue weighted by atomic mass is 32.2. The summed E-state index contributed by atoms with van der Waals surface area (Å²) in [6.45, 7) is 5.71. The number of halogens is 3. The van der Waals surface area contributed by atoms with Crippen molar-refractivity contribution in [3.05, 3.63) is 119 Å². The predicted octanol–water partition coefficient (Wildman–Crippen LogP) is 6.11. The maximum absolute atomic E-state index is 12.8. The molecule has 1 aromatic heterocycles. The van der Waals surface area contributed by atoms with E-state index in [1.54, 1.807) is 24.3 Å². The van der Waals surface area contributed by atoms with E-state index in [4.69, 9.17) is 4.55 Å². The van der Waals surface area contributed by atoms with E-state index in [-0.39, 0.29) is 21.9 Å². The molecular formula is C34H33F3N4O7S2. The van der Waals surface area contributed by atoms with E-state index in [9.17, 15) is 39.6 Å². The third-order valence-corrected chi connectivity index (χ3v) is 9.55. The molecule has 1 heterocycles. The van der Waals surface area contributed by atoms with Crippen LogP contribution < -0.4 is 10.0 Å². The van der Waals surface area contributed by atoms with Gasteiger partial charge in [0.15, 0.2) is 0 Å². The maximum Gasteiger partial charge on any atom is 0.454 e. The molecule has 0 aliphatic carbocycles. The standard InChI is InChI=1S/C27H25F3N4O4S.C7H8O3S/c1-3-24-32-22-16-19(25(35)27(28,29)30)8-13-23(22)34(24)20-9-6-18(7-10-20)14-15-31-26(36)33-39(37,38)21-11-4-17(2)5-12-21;1-6-2-4-7(5-3-6)11(8,9)10/h4-13,16H,3,14-15H2,1-2H3,(H2,31,33,36);2-5H,1H3,(H,8,9,10). The number of ketones is 1. The summed E-state index contributed by atoms with van der Waals surface area (Å²) in [5.74, 6) is -1.31. The normalized spacial score (nSPS) is 11.8. The number of carbonyl (C=O) groups excluding carboxylic acids is 2. The highest BCUT2D eigenvalue weighted by Crippen LogP contribution is 2.27. The van der Waals surface area contributed by atoms with Crippen LogP contribution >= 0.6 is 0 Å². The van der Waals surface area contributed by atoms with Crippen LogP contribution in [0.25, 0.3) is 16.7 Å². The SMILES string of the molecule is CCc1nc2cc(C(=O)C(F)(F)F)ccc2n1-c1ccc(CCNC(=O)NS(=O)(=O)c2ccc(C)cc2)cc1.Cc1ccc(S(=O)(=O)O)cc1. The summed E-state index contributed by atoms with van der Waals surface area (Å²) in [7, 11) is -8.01. The number of alkyl halides is 3. The first-order valence-corrected chi connectivity index (χ1v) is 17.9. The van der Waals surface area contributed by atoms with Gasteiger partial charge in [-0.05, 0) is 80.4 Å². The van der Waals surface area contributed by atoms with Crippen LogP contribution in [-0.2, 0) is 33.0 Å². The molecule has 264 valence electrons. The van der Waals surface area contributed by atoms with E-state index in [1.165, 1.54) is 30.3 Å². The van der Waals surface area contributed by atoms with Gasteiger partial charge >= 0.3 is 12.2 Å². The summed E-state index contributed by atoms with van der Waals surface area (Å²) in [6.07, 6.45) is -4.04. The number of imidazole rings is 1. The van der Waals surface area contributed by atoms with Gasteiger partial charge < -0.3 is 5.32 Å². The maximum atomic E-state index is 12.8. The summed E-state index contributed by atoms with van der Waals surface area (Å²) < 4.78 is 96.6. The first-order valence-electron chi connectivity index (χ1n) is 15.0. The topological polar surface area (TPSA) is 165 Å². The second-order valence-corrected chi connectivity index (χ2v) is 14.2. The molecule has 0 spiro atoms. The number of amides is 2. The number of aromatic nitrogens is 2. The van der Waals surface area contributed by atoms with Gasteiger partial charge in [0, 0.05) is 24.2 Å². The number of carbonyl (C=O) groups is 2. The van der Waals surface area contributed by atoms with Crippen molar-refractivity contribution in [1.82, 2.24) is 19.6 Å². The van der Waals surface area contributed by atoms with Gasteiger partial charge in [0.1, 0.15) is 5.82 Å². The van der Waals surface area contributed by atoms with Crippen LogP contribution in [0.3, 0.4) is 0 Å². The average molecular weight is 731 g/mol. The fourth-order valence-corrected chi connectivity index (χ4v) is 6.15. The Morgan fingerprint density at radius 2 is 1.38 bits per heavy atom. The largest absolute Gasteiger partial charge is 0.454 e. The summed E-state index contributed by atoms with van der Waals surface area (Å²) in [5, 5.41) is 2.53. The van der Waals surface area contributed by atoms with Crippen LogP contribution in [0.15, 0.2) is 101 Å². The molecular weight excluding hydrogens is 698 g/mol. The molecule has 0 unspecified atom stereocenters. The molecule has 3 N–H and O–H groups in total. The molecule has 50 heavy (non-hydrogen) atoms. The monoisotopic (exact) mass is 730 g/mol. The molecule has 0 aliphatic heterocycles. The number of benzene rings is 4. The number of sulfonamides is 1. The lowest BCUT2D eigenvalue weighted by Crippen LogP contribution is -2.40. The zero-order valence-corrected chi connectivity index (χ0v) is 28.7. The zero-order valence-electron chi connectivity index (χ0n) is 27.0. The summed E-state index contributed by atoms with van der Waals surface area (Å²) >= 11 is 0. The second kappa shape index (κ2) is 15.2. The number of aryl methyl sites for hydroxylation is 3. The van der Waals surface area contributed by atoms with Crippen LogP contribution in [-0.4, -0.2) is 55.5 Å². The zero-order chi connectivity index (χ0) is 36.9. The van der Waals surface area contributed by atoms with Crippen LogP contribution in [0, 0.1) is 13.8 Å². The molecule has 0 saturated heterocycles. The van der Waals surface area contributed by atoms with Crippen molar-refractivity contribution in [2.24, 2.45) is 0 Å². The molecule has 5 aromatic rings. The number of nitrogens with zero attached hydrogens (tertiary/aromatic N) is 2. The van der Waals surface area contributed by atoms with E-state index < -0.39 is 43.7 Å². The highest BCUT2D eigenvalue weighted by Gasteiger charge is 2.39. The summed E-state index contributed by atoms with van der Waals surface area (Å²) in [5.41, 5.74) is 3.80. The first-order chi connectivity index (χ1) is 23.4. The molecule has 0 aliphatic rings. The van der Waals surface area contributed by atoms with Gasteiger partial charge in [0.25, 0.3) is 25.9 Å². The van der Waals surface area contributed by atoms with E-state index in [0.29, 0.717) is 24.2 Å². The Kier molecular flexibility index (Phi) is 11.5. The van der Waals surface area contributed by atoms with Crippen LogP contribution in [0.4, 0.5) is 18.0 Å². The molecule has 0 saturated carbocycles. The minimum absolute atomic E-state index is 0.0134. The lowest BCUT2D eigenvalue weighted by atomic mass is 10.1. The Bertz CT molecular complexity index is 2220. The van der Waals surface area contributed by atoms with Crippen molar-refractivity contribution in [2.45, 2.75) is 49.6 Å². The molecule has 16 heteroatoms. The van der Waals surface area contributed by atoms with Crippen LogP contribution in [0.1, 0.15) is 39.8 Å². The van der Waals surface area contributed by atoms with Gasteiger partial charge in [-0.25, -0.2) is 22.9 Å². The molecule has 4 aromatic carbocycles. The van der Waals surface area contributed by atoms with Crippen molar-refractivity contribution in [3.63, 3.8) is 0 Å². The summed E-state index contributed by atoms with van der Waals surface area (Å²) in [4.78, 5) is 28.1. The minimum Gasteiger partial charge on any atom is -0.337 e. The molecule has 0 atom stereocenters. The lowest BCUT2D eigenvalue weighted by Gasteiger charge is -2.11. The number of urea groups is 1. The average Bonchev–Trinajstić information content (AvgIpc) is 3.42. The number of hydrogen-bond acceptors (Lipinski definition) is 7. The third-order valence-electron chi connectivity index (χ3n) is 7.33. The van der Waals surface area contributed by atoms with E-state index in [1.807, 2.05) is 54.3 Å². The fourth-order valence-electron chi connectivity index (χ4n) is 4.74. The number of hydrogen-bond donors (Lipinski definition) is 3. The van der Waals surface area contributed by atoms with E-state index in [0.717, 1.165) is 34.5 Å². The number of rotatable bonds is 9. The second-order valence-electron chi connectivity index (χ2n) is 11.1. The van der Waals surface area contributed by atoms with Crippen LogP contribution in [0.2, 0.25) is 0 Å². The predicted molar refractivity (Wildman–Crippen MR) is 180 cm³/mol. The smallest absolute Gasteiger partial charge is 0.337 e. The molecule has 0 radical (unpaired) electrons. The van der Waals surface area contributed by atoms with Gasteiger partial charge in [0.05, 0.1) is 20.8 Å². The van der Waals surface area contributed by atoms with Crippen molar-refractivity contribution in [3.8, 4) is 5.69 Å². The minimum atomic E-state index is -4.97. The van der Waals surface area contributed by atoms with Gasteiger partial charge in [-0.15, -0.1) is 0 Å². The Balaban J connectivity index is 0.000000435. The molecule has 2 amide bonds. The van der Waals surface area contributed by atoms with Crippen LogP contribution in [0.5, 0.6) is 0 Å². The van der Waals surface area contributed by atoms with Gasteiger partial charge in [-0.3, -0.25) is 13.9 Å². The lowest BCUT2D eigenvalue weighted by molar-refractivity contribution is -0.0885. The fraction of sp³-hybridized carbons (Fsp3) is 0.206. The van der Waals surface area contributed by atoms with Crippen molar-refractivity contribution in [1.29, 1.82) is 0 Å². The van der Waals surface area contributed by atoms with Gasteiger partial charge in [-0.1, -0.05) is 54.4 Å².